The third-order valence-electron chi connectivity index (χ3n) is 17.1. The Morgan fingerprint density at radius 1 is 0.470 bits per heavy atom. The number of nitrogens with zero attached hydrogens (tertiary/aromatic N) is 2. The molecule has 2 aliphatic carbocycles. The summed E-state index contributed by atoms with van der Waals surface area (Å²) in [6.45, 7) is 38.3. The molecule has 338 valence electrons. The first kappa shape index (κ1) is 43.4. The number of anilines is 6. The van der Waals surface area contributed by atoms with Gasteiger partial charge in [0.1, 0.15) is 5.58 Å². The van der Waals surface area contributed by atoms with E-state index in [-0.39, 0.29) is 39.2 Å². The molecule has 0 amide bonds. The van der Waals surface area contributed by atoms with Crippen molar-refractivity contribution in [3.05, 3.63) is 136 Å². The van der Waals surface area contributed by atoms with Crippen LogP contribution in [0, 0.1) is 13.8 Å². The first-order chi connectivity index (χ1) is 30.8. The maximum Gasteiger partial charge on any atom is 0.252 e. The molecule has 0 atom stereocenters. The van der Waals surface area contributed by atoms with Gasteiger partial charge >= 0.3 is 0 Å². The van der Waals surface area contributed by atoms with Crippen LogP contribution >= 0.6 is 0 Å². The van der Waals surface area contributed by atoms with Crippen molar-refractivity contribution in [2.75, 3.05) is 9.80 Å². The van der Waals surface area contributed by atoms with Crippen molar-refractivity contribution in [1.82, 2.24) is 0 Å². The summed E-state index contributed by atoms with van der Waals surface area (Å²) in [5.74, 6) is 0. The Labute approximate surface area is 396 Å². The molecule has 3 nitrogen and oxygen atoms in total. The van der Waals surface area contributed by atoms with Crippen LogP contribution in [0.4, 0.5) is 34.1 Å². The Hall–Kier alpha value is -5.22. The summed E-state index contributed by atoms with van der Waals surface area (Å²) in [6.07, 6.45) is 4.68. The minimum atomic E-state index is -0.123. The fourth-order valence-electron chi connectivity index (χ4n) is 12.6. The maximum absolute atomic E-state index is 7.46. The van der Waals surface area contributed by atoms with Crippen molar-refractivity contribution >= 4 is 79.2 Å². The summed E-state index contributed by atoms with van der Waals surface area (Å²) in [5.41, 5.74) is 24.8. The Morgan fingerprint density at radius 2 is 1.02 bits per heavy atom. The second-order valence-corrected chi connectivity index (χ2v) is 25.7. The molecular weight excluding hydrogens is 800 g/mol. The predicted octanol–water partition coefficient (Wildman–Crippen LogP) is 15.6. The maximum atomic E-state index is 7.46. The zero-order valence-corrected chi connectivity index (χ0v) is 42.9. The topological polar surface area (TPSA) is 19.6 Å². The molecule has 0 bridgehead atoms. The number of fused-ring (bicyclic) bond motifs is 10. The third-order valence-corrected chi connectivity index (χ3v) is 17.1. The van der Waals surface area contributed by atoms with E-state index in [4.69, 9.17) is 4.42 Å². The molecule has 11 rings (SSSR count). The van der Waals surface area contributed by atoms with Crippen molar-refractivity contribution < 1.29 is 4.42 Å². The van der Waals surface area contributed by atoms with Crippen LogP contribution in [-0.4, -0.2) is 6.71 Å². The van der Waals surface area contributed by atoms with E-state index in [0.717, 1.165) is 11.2 Å². The highest BCUT2D eigenvalue weighted by Crippen LogP contribution is 2.54. The SMILES string of the molecule is Cc1cc(C(C)(C)C)ccc1N1c2cc3c(cc2B2c4ccc5c(oc6cc7c(cc65)C(C)(C)CCC7(C)C)c4N(c4ccccc4C)c4cc(C(C)(C)C)cc1c42)C(C)(C)CCC3(C)C. The van der Waals surface area contributed by atoms with E-state index in [1.54, 1.807) is 0 Å². The van der Waals surface area contributed by atoms with E-state index in [9.17, 15) is 0 Å². The van der Waals surface area contributed by atoms with Gasteiger partial charge in [0.25, 0.3) is 6.71 Å². The van der Waals surface area contributed by atoms with Gasteiger partial charge in [0, 0.05) is 39.2 Å². The standard InChI is InChI=1S/C62H71BN2O/c1-36-19-17-18-20-48(36)65-52-31-39(58(6,7)8)30-51-54(52)63(46-23-22-40-41-32-42-45(35-53(41)66-56(40)55(46)65)62(15,16)28-25-59(42,9)10)47-33-43-44(61(13,14)27-26-60(43,11)12)34-50(47)64(51)49-24-21-38(29-37(49)2)57(3,4)5/h17-24,29-35H,25-28H2,1-16H3. The van der Waals surface area contributed by atoms with Gasteiger partial charge in [-0.2, -0.15) is 0 Å². The predicted molar refractivity (Wildman–Crippen MR) is 285 cm³/mol. The van der Waals surface area contributed by atoms with Crippen LogP contribution in [0.5, 0.6) is 0 Å². The van der Waals surface area contributed by atoms with E-state index >= 15 is 0 Å². The average Bonchev–Trinajstić information content (AvgIpc) is 3.61. The summed E-state index contributed by atoms with van der Waals surface area (Å²) in [5, 5.41) is 2.42. The van der Waals surface area contributed by atoms with E-state index in [1.807, 2.05) is 0 Å². The molecule has 0 spiro atoms. The second-order valence-electron chi connectivity index (χ2n) is 25.7. The number of aryl methyl sites for hydroxylation is 2. The number of rotatable bonds is 2. The number of benzene rings is 6. The summed E-state index contributed by atoms with van der Waals surface area (Å²) in [6, 6.07) is 36.4. The van der Waals surface area contributed by atoms with Gasteiger partial charge in [0.2, 0.25) is 0 Å². The Balaban J connectivity index is 1.30. The van der Waals surface area contributed by atoms with Gasteiger partial charge in [-0.1, -0.05) is 145 Å². The molecule has 4 heteroatoms. The first-order valence-corrected chi connectivity index (χ1v) is 25.0. The molecule has 0 N–H and O–H groups in total. The third kappa shape index (κ3) is 6.21. The van der Waals surface area contributed by atoms with Gasteiger partial charge in [-0.25, -0.2) is 0 Å². The summed E-state index contributed by atoms with van der Waals surface area (Å²) in [7, 11) is 0. The molecule has 4 aliphatic rings. The molecule has 0 saturated heterocycles. The molecular formula is C62H71BN2O. The van der Waals surface area contributed by atoms with Gasteiger partial charge < -0.3 is 14.2 Å². The quantitative estimate of drug-likeness (QED) is 0.161. The summed E-state index contributed by atoms with van der Waals surface area (Å²) < 4.78 is 7.46. The Kier molecular flexibility index (Phi) is 9.00. The smallest absolute Gasteiger partial charge is 0.252 e. The highest BCUT2D eigenvalue weighted by Gasteiger charge is 2.48. The fourth-order valence-corrected chi connectivity index (χ4v) is 12.6. The monoisotopic (exact) mass is 871 g/mol. The lowest BCUT2D eigenvalue weighted by atomic mass is 9.33. The zero-order chi connectivity index (χ0) is 47.0. The van der Waals surface area contributed by atoms with Crippen molar-refractivity contribution in [1.29, 1.82) is 0 Å². The molecule has 0 fully saturated rings. The number of hydrogen-bond acceptors (Lipinski definition) is 3. The van der Waals surface area contributed by atoms with Crippen LogP contribution in [0.15, 0.2) is 95.4 Å². The van der Waals surface area contributed by atoms with Crippen LogP contribution < -0.4 is 26.2 Å². The van der Waals surface area contributed by atoms with E-state index < -0.39 is 0 Å². The van der Waals surface area contributed by atoms with Crippen LogP contribution in [0.2, 0.25) is 0 Å². The lowest BCUT2D eigenvalue weighted by Crippen LogP contribution is -2.62. The van der Waals surface area contributed by atoms with Gasteiger partial charge in [0.05, 0.1) is 5.69 Å². The average molecular weight is 871 g/mol. The first-order valence-electron chi connectivity index (χ1n) is 25.0. The van der Waals surface area contributed by atoms with E-state index in [0.29, 0.717) is 0 Å². The molecule has 2 aliphatic heterocycles. The highest BCUT2D eigenvalue weighted by molar-refractivity contribution is 7.00. The second kappa shape index (κ2) is 13.7. The van der Waals surface area contributed by atoms with Crippen LogP contribution in [-0.2, 0) is 32.5 Å². The van der Waals surface area contributed by atoms with Gasteiger partial charge in [-0.3, -0.25) is 0 Å². The van der Waals surface area contributed by atoms with Crippen molar-refractivity contribution in [2.24, 2.45) is 0 Å². The number of furan rings is 1. The zero-order valence-electron chi connectivity index (χ0n) is 42.9. The molecule has 6 aromatic carbocycles. The normalized spacial score (nSPS) is 18.8. The highest BCUT2D eigenvalue weighted by atomic mass is 16.3. The van der Waals surface area contributed by atoms with Gasteiger partial charge in [0.15, 0.2) is 5.58 Å². The van der Waals surface area contributed by atoms with Crippen molar-refractivity contribution in [3.63, 3.8) is 0 Å². The van der Waals surface area contributed by atoms with Crippen LogP contribution in [0.25, 0.3) is 21.9 Å². The lowest BCUT2D eigenvalue weighted by Gasteiger charge is -2.48. The molecule has 1 aromatic heterocycles. The Bertz CT molecular complexity index is 3210. The molecule has 66 heavy (non-hydrogen) atoms. The van der Waals surface area contributed by atoms with Crippen molar-refractivity contribution in [2.45, 2.75) is 169 Å². The minimum Gasteiger partial charge on any atom is -0.454 e. The van der Waals surface area contributed by atoms with Crippen LogP contribution in [0.1, 0.15) is 167 Å². The number of para-hydroxylation sites is 1. The molecule has 7 aromatic rings. The fraction of sp³-hybridized carbons (Fsp3) is 0.419. The van der Waals surface area contributed by atoms with E-state index in [2.05, 4.69) is 212 Å². The largest absolute Gasteiger partial charge is 0.454 e. The molecule has 0 saturated carbocycles. The number of hydrogen-bond donors (Lipinski definition) is 0. The van der Waals surface area contributed by atoms with Gasteiger partial charge in [-0.15, -0.1) is 0 Å². The summed E-state index contributed by atoms with van der Waals surface area (Å²) in [4.78, 5) is 5.28. The summed E-state index contributed by atoms with van der Waals surface area (Å²) >= 11 is 0. The van der Waals surface area contributed by atoms with E-state index in [1.165, 1.54) is 131 Å². The van der Waals surface area contributed by atoms with Gasteiger partial charge in [-0.05, 0) is 175 Å². The Morgan fingerprint density at radius 3 is 1.61 bits per heavy atom. The molecule has 0 unspecified atom stereocenters. The minimum absolute atomic E-state index is 0.0190. The lowest BCUT2D eigenvalue weighted by molar-refractivity contribution is 0.332. The molecule has 0 radical (unpaired) electrons. The molecule has 3 heterocycles. The van der Waals surface area contributed by atoms with Crippen molar-refractivity contribution in [3.8, 4) is 0 Å². The van der Waals surface area contributed by atoms with Crippen LogP contribution in [0.3, 0.4) is 0 Å².